The van der Waals surface area contributed by atoms with E-state index >= 15 is 0 Å². The number of nitrogens with one attached hydrogen (secondary N) is 1. The zero-order chi connectivity index (χ0) is 14.0. The van der Waals surface area contributed by atoms with Crippen LogP contribution in [0.5, 0.6) is 0 Å². The summed E-state index contributed by atoms with van der Waals surface area (Å²) in [6.45, 7) is 6.56. The highest BCUT2D eigenvalue weighted by molar-refractivity contribution is 7.89. The lowest BCUT2D eigenvalue weighted by molar-refractivity contribution is 0.257. The molecule has 0 atom stereocenters. The second kappa shape index (κ2) is 5.69. The van der Waals surface area contributed by atoms with Crippen LogP contribution in [0.15, 0.2) is 16.3 Å². The SMILES string of the molecule is CCC(C)(C)N(C)S(=O)(=O)c1csc(CNC)c1. The van der Waals surface area contributed by atoms with Gasteiger partial charge in [0.25, 0.3) is 0 Å². The Hall–Kier alpha value is -0.430. The predicted octanol–water partition coefficient (Wildman–Crippen LogP) is 2.28. The van der Waals surface area contributed by atoms with Crippen molar-refractivity contribution in [3.05, 3.63) is 16.3 Å². The molecule has 0 spiro atoms. The Morgan fingerprint density at radius 1 is 1.44 bits per heavy atom. The molecule has 1 heterocycles. The fourth-order valence-electron chi connectivity index (χ4n) is 1.47. The quantitative estimate of drug-likeness (QED) is 0.874. The molecule has 1 N–H and O–H groups in total. The minimum Gasteiger partial charge on any atom is -0.315 e. The minimum absolute atomic E-state index is 0.371. The third-order valence-corrected chi connectivity index (χ3v) is 6.49. The van der Waals surface area contributed by atoms with Gasteiger partial charge in [-0.3, -0.25) is 0 Å². The number of rotatable bonds is 6. The van der Waals surface area contributed by atoms with E-state index in [0.29, 0.717) is 11.4 Å². The summed E-state index contributed by atoms with van der Waals surface area (Å²) < 4.78 is 26.4. The van der Waals surface area contributed by atoms with E-state index in [9.17, 15) is 8.42 Å². The van der Waals surface area contributed by atoms with Gasteiger partial charge in [-0.05, 0) is 33.4 Å². The smallest absolute Gasteiger partial charge is 0.244 e. The van der Waals surface area contributed by atoms with E-state index in [1.807, 2.05) is 27.8 Å². The average molecular weight is 290 g/mol. The van der Waals surface area contributed by atoms with Crippen LogP contribution in [-0.2, 0) is 16.6 Å². The summed E-state index contributed by atoms with van der Waals surface area (Å²) in [5.41, 5.74) is -0.371. The van der Waals surface area contributed by atoms with Crippen LogP contribution >= 0.6 is 11.3 Å². The van der Waals surface area contributed by atoms with Crippen molar-refractivity contribution in [2.75, 3.05) is 14.1 Å². The van der Waals surface area contributed by atoms with Crippen LogP contribution in [-0.4, -0.2) is 32.4 Å². The summed E-state index contributed by atoms with van der Waals surface area (Å²) >= 11 is 1.47. The van der Waals surface area contributed by atoms with Gasteiger partial charge in [0.1, 0.15) is 0 Å². The van der Waals surface area contributed by atoms with Gasteiger partial charge in [-0.25, -0.2) is 8.42 Å². The largest absolute Gasteiger partial charge is 0.315 e. The highest BCUT2D eigenvalue weighted by Gasteiger charge is 2.33. The normalized spacial score (nSPS) is 13.2. The molecule has 0 amide bonds. The second-order valence-electron chi connectivity index (χ2n) is 4.92. The molecule has 4 nitrogen and oxygen atoms in total. The number of thiophene rings is 1. The molecule has 0 fully saturated rings. The lowest BCUT2D eigenvalue weighted by atomic mass is 10.0. The predicted molar refractivity (Wildman–Crippen MR) is 76.4 cm³/mol. The first-order valence-electron chi connectivity index (χ1n) is 5.96. The van der Waals surface area contributed by atoms with Crippen LogP contribution in [0.2, 0.25) is 0 Å². The van der Waals surface area contributed by atoms with Crippen molar-refractivity contribution in [2.45, 2.75) is 44.2 Å². The fraction of sp³-hybridized carbons (Fsp3) is 0.667. The molecule has 18 heavy (non-hydrogen) atoms. The standard InChI is InChI=1S/C12H22N2O2S2/c1-6-12(2,3)14(5)18(15,16)11-7-10(8-13-4)17-9-11/h7,9,13H,6,8H2,1-5H3. The molecular weight excluding hydrogens is 268 g/mol. The topological polar surface area (TPSA) is 49.4 Å². The maximum absolute atomic E-state index is 12.5. The Morgan fingerprint density at radius 3 is 2.56 bits per heavy atom. The molecule has 0 radical (unpaired) electrons. The maximum atomic E-state index is 12.5. The summed E-state index contributed by atoms with van der Waals surface area (Å²) in [6, 6.07) is 1.75. The van der Waals surface area contributed by atoms with Crippen molar-refractivity contribution in [2.24, 2.45) is 0 Å². The number of sulfonamides is 1. The maximum Gasteiger partial charge on any atom is 0.244 e. The molecule has 1 aromatic heterocycles. The molecule has 1 rings (SSSR count). The zero-order valence-corrected chi connectivity index (χ0v) is 13.3. The van der Waals surface area contributed by atoms with Gasteiger partial charge in [-0.1, -0.05) is 6.92 Å². The minimum atomic E-state index is -3.39. The lowest BCUT2D eigenvalue weighted by Gasteiger charge is -2.33. The van der Waals surface area contributed by atoms with Crippen LogP contribution in [0.25, 0.3) is 0 Å². The highest BCUT2D eigenvalue weighted by atomic mass is 32.2. The fourth-order valence-corrected chi connectivity index (χ4v) is 4.32. The van der Waals surface area contributed by atoms with Gasteiger partial charge in [0.15, 0.2) is 0 Å². The molecule has 0 saturated carbocycles. The van der Waals surface area contributed by atoms with Crippen molar-refractivity contribution in [1.82, 2.24) is 9.62 Å². The van der Waals surface area contributed by atoms with Crippen molar-refractivity contribution in [1.29, 1.82) is 0 Å². The van der Waals surface area contributed by atoms with Gasteiger partial charge >= 0.3 is 0 Å². The zero-order valence-electron chi connectivity index (χ0n) is 11.6. The van der Waals surface area contributed by atoms with E-state index in [1.165, 1.54) is 15.6 Å². The Kier molecular flexibility index (Phi) is 4.94. The highest BCUT2D eigenvalue weighted by Crippen LogP contribution is 2.28. The molecule has 0 aliphatic carbocycles. The molecule has 0 unspecified atom stereocenters. The third kappa shape index (κ3) is 3.12. The van der Waals surface area contributed by atoms with E-state index in [2.05, 4.69) is 5.32 Å². The van der Waals surface area contributed by atoms with Gasteiger partial charge < -0.3 is 5.32 Å². The van der Waals surface area contributed by atoms with Crippen molar-refractivity contribution >= 4 is 21.4 Å². The number of nitrogens with zero attached hydrogens (tertiary/aromatic N) is 1. The summed E-state index contributed by atoms with van der Waals surface area (Å²) in [5.74, 6) is 0. The molecule has 0 bridgehead atoms. The first-order valence-corrected chi connectivity index (χ1v) is 8.28. The molecule has 0 saturated heterocycles. The molecular formula is C12H22N2O2S2. The van der Waals surface area contributed by atoms with Crippen LogP contribution in [0, 0.1) is 0 Å². The summed E-state index contributed by atoms with van der Waals surface area (Å²) in [4.78, 5) is 1.42. The Balaban J connectivity index is 3.05. The van der Waals surface area contributed by atoms with Gasteiger partial charge in [-0.15, -0.1) is 11.3 Å². The van der Waals surface area contributed by atoms with E-state index in [4.69, 9.17) is 0 Å². The first kappa shape index (κ1) is 15.6. The van der Waals surface area contributed by atoms with Crippen LogP contribution in [0.1, 0.15) is 32.1 Å². The van der Waals surface area contributed by atoms with Crippen LogP contribution in [0.4, 0.5) is 0 Å². The molecule has 0 aliphatic rings. The van der Waals surface area contributed by atoms with Crippen molar-refractivity contribution in [3.63, 3.8) is 0 Å². The Labute approximate surface area is 114 Å². The molecule has 1 aromatic rings. The van der Waals surface area contributed by atoms with Crippen LogP contribution in [0.3, 0.4) is 0 Å². The first-order chi connectivity index (χ1) is 8.25. The Bertz CT molecular complexity index is 492. The van der Waals surface area contributed by atoms with E-state index in [1.54, 1.807) is 18.5 Å². The van der Waals surface area contributed by atoms with E-state index < -0.39 is 10.0 Å². The summed E-state index contributed by atoms with van der Waals surface area (Å²) in [7, 11) is 0.104. The van der Waals surface area contributed by atoms with E-state index in [-0.39, 0.29) is 5.54 Å². The second-order valence-corrected chi connectivity index (χ2v) is 7.88. The molecule has 0 aliphatic heterocycles. The Morgan fingerprint density at radius 2 is 2.06 bits per heavy atom. The molecule has 6 heteroatoms. The molecule has 104 valence electrons. The van der Waals surface area contributed by atoms with Crippen molar-refractivity contribution < 1.29 is 8.42 Å². The van der Waals surface area contributed by atoms with Gasteiger partial charge in [0, 0.05) is 29.4 Å². The lowest BCUT2D eigenvalue weighted by Crippen LogP contribution is -2.44. The average Bonchev–Trinajstić information content (AvgIpc) is 2.77. The number of hydrogen-bond acceptors (Lipinski definition) is 4. The van der Waals surface area contributed by atoms with Gasteiger partial charge in [0.2, 0.25) is 10.0 Å². The monoisotopic (exact) mass is 290 g/mol. The number of hydrogen-bond donors (Lipinski definition) is 1. The van der Waals surface area contributed by atoms with E-state index in [0.717, 1.165) is 11.3 Å². The van der Waals surface area contributed by atoms with Crippen molar-refractivity contribution in [3.8, 4) is 0 Å². The third-order valence-electron chi connectivity index (χ3n) is 3.36. The van der Waals surface area contributed by atoms with Gasteiger partial charge in [-0.2, -0.15) is 4.31 Å². The summed E-state index contributed by atoms with van der Waals surface area (Å²) in [5, 5.41) is 4.73. The summed E-state index contributed by atoms with van der Waals surface area (Å²) in [6.07, 6.45) is 0.774. The van der Waals surface area contributed by atoms with Crippen LogP contribution < -0.4 is 5.32 Å². The molecule has 0 aromatic carbocycles. The van der Waals surface area contributed by atoms with Gasteiger partial charge in [0.05, 0.1) is 4.90 Å².